The molecule has 5 heteroatoms. The second kappa shape index (κ2) is 10.4. The average Bonchev–Trinajstić information content (AvgIpc) is 3.07. The molecule has 4 nitrogen and oxygen atoms in total. The Morgan fingerprint density at radius 1 is 1.17 bits per heavy atom. The summed E-state index contributed by atoms with van der Waals surface area (Å²) in [6, 6.07) is 13.8. The molecule has 1 heterocycles. The molecule has 2 aromatic rings. The summed E-state index contributed by atoms with van der Waals surface area (Å²) in [7, 11) is 1.71. The lowest BCUT2D eigenvalue weighted by Gasteiger charge is -2.24. The maximum absolute atomic E-state index is 10.3. The monoisotopic (exact) mass is 335 g/mol. The van der Waals surface area contributed by atoms with Gasteiger partial charge in [0, 0.05) is 38.2 Å². The van der Waals surface area contributed by atoms with Gasteiger partial charge < -0.3 is 14.6 Å². The third kappa shape index (κ3) is 7.14. The zero-order chi connectivity index (χ0) is 16.3. The molecule has 1 aromatic heterocycles. The summed E-state index contributed by atoms with van der Waals surface area (Å²) in [4.78, 5) is 3.56. The van der Waals surface area contributed by atoms with Crippen LogP contribution in [0.5, 0.6) is 5.75 Å². The van der Waals surface area contributed by atoms with Gasteiger partial charge in [-0.25, -0.2) is 0 Å². The number of nitrogens with zero attached hydrogens (tertiary/aromatic N) is 1. The van der Waals surface area contributed by atoms with E-state index in [0.717, 1.165) is 31.9 Å². The number of rotatable bonds is 11. The first-order valence-electron chi connectivity index (χ1n) is 7.87. The molecule has 0 aliphatic rings. The fraction of sp³-hybridized carbons (Fsp3) is 0.444. The predicted octanol–water partition coefficient (Wildman–Crippen LogP) is 3.03. The van der Waals surface area contributed by atoms with E-state index in [-0.39, 0.29) is 0 Å². The topological polar surface area (TPSA) is 41.9 Å². The van der Waals surface area contributed by atoms with Crippen LogP contribution in [0.1, 0.15) is 11.3 Å². The highest BCUT2D eigenvalue weighted by molar-refractivity contribution is 7.09. The molecule has 0 aliphatic heterocycles. The minimum Gasteiger partial charge on any atom is -0.491 e. The second-order valence-corrected chi connectivity index (χ2v) is 6.47. The van der Waals surface area contributed by atoms with E-state index < -0.39 is 6.10 Å². The van der Waals surface area contributed by atoms with Gasteiger partial charge in [0.25, 0.3) is 0 Å². The Hall–Kier alpha value is -1.40. The van der Waals surface area contributed by atoms with E-state index in [0.29, 0.717) is 13.2 Å². The fourth-order valence-corrected chi connectivity index (χ4v) is 3.10. The Labute approximate surface area is 142 Å². The molecule has 0 saturated carbocycles. The summed E-state index contributed by atoms with van der Waals surface area (Å²) in [6.07, 6.45) is 0.437. The summed E-state index contributed by atoms with van der Waals surface area (Å²) in [5.41, 5.74) is 0. The van der Waals surface area contributed by atoms with Gasteiger partial charge in [0.2, 0.25) is 0 Å². The lowest BCUT2D eigenvalue weighted by Crippen LogP contribution is -2.36. The fourth-order valence-electron chi connectivity index (χ4n) is 2.35. The highest BCUT2D eigenvalue weighted by Crippen LogP contribution is 2.13. The molecule has 2 rings (SSSR count). The Bertz CT molecular complexity index is 518. The predicted molar refractivity (Wildman–Crippen MR) is 94.0 cm³/mol. The van der Waals surface area contributed by atoms with Crippen LogP contribution in [0, 0.1) is 0 Å². The number of thiophene rings is 1. The number of hydrogen-bond acceptors (Lipinski definition) is 5. The number of methoxy groups -OCH3 is 1. The van der Waals surface area contributed by atoms with Gasteiger partial charge in [0.15, 0.2) is 0 Å². The van der Waals surface area contributed by atoms with E-state index in [1.165, 1.54) is 4.88 Å². The first-order valence-corrected chi connectivity index (χ1v) is 8.75. The maximum Gasteiger partial charge on any atom is 0.119 e. The van der Waals surface area contributed by atoms with Crippen LogP contribution < -0.4 is 4.74 Å². The number of benzene rings is 1. The first kappa shape index (κ1) is 17.9. The van der Waals surface area contributed by atoms with Crippen molar-refractivity contribution in [2.24, 2.45) is 0 Å². The summed E-state index contributed by atoms with van der Waals surface area (Å²) >= 11 is 1.74. The molecule has 126 valence electrons. The smallest absolute Gasteiger partial charge is 0.119 e. The van der Waals surface area contributed by atoms with E-state index in [4.69, 9.17) is 9.47 Å². The summed E-state index contributed by atoms with van der Waals surface area (Å²) < 4.78 is 10.8. The number of hydrogen-bond donors (Lipinski definition) is 1. The van der Waals surface area contributed by atoms with Crippen molar-refractivity contribution >= 4 is 11.3 Å². The lowest BCUT2D eigenvalue weighted by molar-refractivity contribution is 0.0621. The van der Waals surface area contributed by atoms with E-state index in [1.54, 1.807) is 18.4 Å². The molecule has 1 atom stereocenters. The van der Waals surface area contributed by atoms with Gasteiger partial charge in [-0.2, -0.15) is 0 Å². The zero-order valence-corrected chi connectivity index (χ0v) is 14.4. The maximum atomic E-state index is 10.3. The van der Waals surface area contributed by atoms with Crippen molar-refractivity contribution in [3.8, 4) is 5.75 Å². The van der Waals surface area contributed by atoms with Crippen molar-refractivity contribution in [3.05, 3.63) is 52.7 Å². The van der Waals surface area contributed by atoms with Crippen LogP contribution in [0.3, 0.4) is 0 Å². The molecule has 0 radical (unpaired) electrons. The van der Waals surface area contributed by atoms with Gasteiger partial charge in [-0.3, -0.25) is 4.90 Å². The largest absolute Gasteiger partial charge is 0.491 e. The van der Waals surface area contributed by atoms with Gasteiger partial charge in [0.1, 0.15) is 18.5 Å². The zero-order valence-electron chi connectivity index (χ0n) is 13.6. The molecule has 1 N–H and O–H groups in total. The molecule has 23 heavy (non-hydrogen) atoms. The third-order valence-corrected chi connectivity index (χ3v) is 4.30. The number of ether oxygens (including phenoxy) is 2. The van der Waals surface area contributed by atoms with Crippen molar-refractivity contribution in [2.75, 3.05) is 33.4 Å². The molecule has 0 amide bonds. The van der Waals surface area contributed by atoms with Crippen molar-refractivity contribution in [2.45, 2.75) is 19.1 Å². The highest BCUT2D eigenvalue weighted by atomic mass is 32.1. The van der Waals surface area contributed by atoms with Gasteiger partial charge in [-0.1, -0.05) is 24.3 Å². The van der Waals surface area contributed by atoms with E-state index in [1.807, 2.05) is 30.3 Å². The Balaban J connectivity index is 1.80. The van der Waals surface area contributed by atoms with Crippen LogP contribution in [-0.2, 0) is 11.3 Å². The summed E-state index contributed by atoms with van der Waals surface area (Å²) in [6.45, 7) is 3.37. The quantitative estimate of drug-likeness (QED) is 0.641. The van der Waals surface area contributed by atoms with Crippen LogP contribution in [0.2, 0.25) is 0 Å². The minimum absolute atomic E-state index is 0.301. The van der Waals surface area contributed by atoms with E-state index in [2.05, 4.69) is 22.4 Å². The number of aliphatic hydroxyl groups excluding tert-OH is 1. The average molecular weight is 335 g/mol. The molecule has 0 spiro atoms. The van der Waals surface area contributed by atoms with Gasteiger partial charge in [-0.05, 0) is 30.0 Å². The lowest BCUT2D eigenvalue weighted by atomic mass is 10.3. The van der Waals surface area contributed by atoms with Crippen LogP contribution in [0.4, 0.5) is 0 Å². The van der Waals surface area contributed by atoms with Crippen LogP contribution in [0.25, 0.3) is 0 Å². The first-order chi connectivity index (χ1) is 11.3. The van der Waals surface area contributed by atoms with Crippen LogP contribution >= 0.6 is 11.3 Å². The normalized spacial score (nSPS) is 12.5. The Kier molecular flexibility index (Phi) is 8.11. The summed E-state index contributed by atoms with van der Waals surface area (Å²) in [5, 5.41) is 12.4. The number of aliphatic hydroxyl groups is 1. The third-order valence-electron chi connectivity index (χ3n) is 3.44. The molecule has 1 aromatic carbocycles. The van der Waals surface area contributed by atoms with Gasteiger partial charge in [0.05, 0.1) is 0 Å². The Morgan fingerprint density at radius 3 is 2.70 bits per heavy atom. The van der Waals surface area contributed by atoms with Crippen molar-refractivity contribution in [3.63, 3.8) is 0 Å². The molecule has 0 fully saturated rings. The molecular formula is C18H25NO3S. The SMILES string of the molecule is COCCCN(Cc1cccs1)CC(O)COc1ccccc1. The number of para-hydroxylation sites is 1. The Morgan fingerprint density at radius 2 is 2.00 bits per heavy atom. The van der Waals surface area contributed by atoms with Crippen LogP contribution in [0.15, 0.2) is 47.8 Å². The molecule has 0 bridgehead atoms. The van der Waals surface area contributed by atoms with E-state index in [9.17, 15) is 5.11 Å². The van der Waals surface area contributed by atoms with Crippen molar-refractivity contribution < 1.29 is 14.6 Å². The van der Waals surface area contributed by atoms with Crippen molar-refractivity contribution in [1.82, 2.24) is 4.90 Å². The van der Waals surface area contributed by atoms with Crippen molar-refractivity contribution in [1.29, 1.82) is 0 Å². The standard InChI is InChI=1S/C18H25NO3S/c1-21-11-6-10-19(14-18-9-5-12-23-18)13-16(20)15-22-17-7-3-2-4-8-17/h2-5,7-9,12,16,20H,6,10-11,13-15H2,1H3. The summed E-state index contributed by atoms with van der Waals surface area (Å²) in [5.74, 6) is 0.788. The molecular weight excluding hydrogens is 310 g/mol. The minimum atomic E-state index is -0.516. The van der Waals surface area contributed by atoms with Gasteiger partial charge in [-0.15, -0.1) is 11.3 Å². The van der Waals surface area contributed by atoms with E-state index >= 15 is 0 Å². The van der Waals surface area contributed by atoms with Crippen LogP contribution in [-0.4, -0.2) is 49.5 Å². The molecule has 1 unspecified atom stereocenters. The molecule has 0 saturated heterocycles. The molecule has 0 aliphatic carbocycles. The highest BCUT2D eigenvalue weighted by Gasteiger charge is 2.13. The second-order valence-electron chi connectivity index (χ2n) is 5.44. The van der Waals surface area contributed by atoms with Gasteiger partial charge >= 0.3 is 0 Å².